The summed E-state index contributed by atoms with van der Waals surface area (Å²) >= 11 is 0. The number of nitrogens with zero attached hydrogens (tertiary/aromatic N) is 1. The second-order valence-corrected chi connectivity index (χ2v) is 7.17. The van der Waals surface area contributed by atoms with Crippen LogP contribution < -0.4 is 0 Å². The first kappa shape index (κ1) is 20.7. The molecule has 0 amide bonds. The summed E-state index contributed by atoms with van der Waals surface area (Å²) in [4.78, 5) is 2.36. The molecule has 0 radical (unpaired) electrons. The van der Waals surface area contributed by atoms with Crippen LogP contribution in [0.15, 0.2) is 78.9 Å². The summed E-state index contributed by atoms with van der Waals surface area (Å²) in [5.74, 6) is 0.533. The molecule has 142 valence electrons. The van der Waals surface area contributed by atoms with Crippen molar-refractivity contribution >= 4 is 11.4 Å². The fraction of sp³-hybridized carbons (Fsp3) is 0.320. The Bertz CT molecular complexity index is 774. The van der Waals surface area contributed by atoms with Crippen molar-refractivity contribution in [2.45, 2.75) is 39.7 Å². The molecule has 2 atom stereocenters. The van der Waals surface area contributed by atoms with Gasteiger partial charge < -0.3 is 4.90 Å². The monoisotopic (exact) mass is 360 g/mol. The zero-order valence-corrected chi connectivity index (χ0v) is 17.1. The van der Waals surface area contributed by atoms with Gasteiger partial charge in [-0.25, -0.2) is 0 Å². The van der Waals surface area contributed by atoms with Gasteiger partial charge in [-0.1, -0.05) is 87.0 Å². The highest BCUT2D eigenvalue weighted by Gasteiger charge is 2.24. The molecule has 1 unspecified atom stereocenters. The van der Waals surface area contributed by atoms with Gasteiger partial charge in [0.05, 0.1) is 5.71 Å². The lowest BCUT2D eigenvalue weighted by Gasteiger charge is -2.37. The Morgan fingerprint density at radius 1 is 1.04 bits per heavy atom. The van der Waals surface area contributed by atoms with Gasteiger partial charge in [0.25, 0.3) is 0 Å². The summed E-state index contributed by atoms with van der Waals surface area (Å²) in [6, 6.07) is 20.8. The van der Waals surface area contributed by atoms with Crippen LogP contribution in [-0.4, -0.2) is 23.7 Å². The van der Waals surface area contributed by atoms with Crippen molar-refractivity contribution in [2.24, 2.45) is 5.92 Å². The second-order valence-electron chi connectivity index (χ2n) is 7.17. The Balaban J connectivity index is 2.57. The molecule has 0 fully saturated rings. The number of allylic oxidation sites excluding steroid dienone is 1. The van der Waals surface area contributed by atoms with Gasteiger partial charge in [0.15, 0.2) is 0 Å². The minimum absolute atomic E-state index is 0.348. The second kappa shape index (κ2) is 9.91. The number of rotatable bonds is 9. The van der Waals surface area contributed by atoms with Gasteiger partial charge in [0, 0.05) is 18.8 Å². The molecular weight excluding hydrogens is 328 g/mol. The van der Waals surface area contributed by atoms with Crippen molar-refractivity contribution in [3.8, 4) is 0 Å². The first-order valence-electron chi connectivity index (χ1n) is 9.75. The van der Waals surface area contributed by atoms with Crippen LogP contribution in [0.3, 0.4) is 0 Å². The lowest BCUT2D eigenvalue weighted by Crippen LogP contribution is -2.36. The first-order valence-corrected chi connectivity index (χ1v) is 9.75. The van der Waals surface area contributed by atoms with Gasteiger partial charge in [-0.05, 0) is 36.0 Å². The SMILES string of the molecule is C=CCC([C@@H](C)CC)N(C)/C(=C(/C)C(=N)c1ccccc1)c1ccccc1. The van der Waals surface area contributed by atoms with Gasteiger partial charge in [-0.3, -0.25) is 5.41 Å². The van der Waals surface area contributed by atoms with E-state index in [9.17, 15) is 0 Å². The maximum atomic E-state index is 8.80. The van der Waals surface area contributed by atoms with E-state index >= 15 is 0 Å². The van der Waals surface area contributed by atoms with Gasteiger partial charge in [0.2, 0.25) is 0 Å². The zero-order chi connectivity index (χ0) is 19.8. The molecule has 0 heterocycles. The fourth-order valence-electron chi connectivity index (χ4n) is 3.60. The molecular formula is C25H32N2. The van der Waals surface area contributed by atoms with E-state index < -0.39 is 0 Å². The third-order valence-corrected chi connectivity index (χ3v) is 5.40. The van der Waals surface area contributed by atoms with E-state index in [1.807, 2.05) is 42.5 Å². The fourth-order valence-corrected chi connectivity index (χ4v) is 3.60. The number of hydrogen-bond acceptors (Lipinski definition) is 2. The highest BCUT2D eigenvalue weighted by molar-refractivity contribution is 6.14. The smallest absolute Gasteiger partial charge is 0.0662 e. The molecule has 1 N–H and O–H groups in total. The molecule has 0 bridgehead atoms. The van der Waals surface area contributed by atoms with Gasteiger partial charge in [0.1, 0.15) is 0 Å². The highest BCUT2D eigenvalue weighted by atomic mass is 15.1. The van der Waals surface area contributed by atoms with Crippen LogP contribution >= 0.6 is 0 Å². The topological polar surface area (TPSA) is 27.1 Å². The summed E-state index contributed by atoms with van der Waals surface area (Å²) in [5.41, 5.74) is 4.78. The number of nitrogens with one attached hydrogen (secondary N) is 1. The molecule has 0 aliphatic heterocycles. The van der Waals surface area contributed by atoms with Crippen molar-refractivity contribution in [1.82, 2.24) is 4.90 Å². The minimum Gasteiger partial charge on any atom is -0.370 e. The van der Waals surface area contributed by atoms with E-state index in [1.54, 1.807) is 0 Å². The third-order valence-electron chi connectivity index (χ3n) is 5.40. The molecule has 2 aromatic carbocycles. The molecule has 0 aromatic heterocycles. The summed E-state index contributed by atoms with van der Waals surface area (Å²) in [6.07, 6.45) is 4.04. The maximum absolute atomic E-state index is 8.80. The average molecular weight is 361 g/mol. The Kier molecular flexibility index (Phi) is 7.60. The van der Waals surface area contributed by atoms with Crippen LogP contribution in [-0.2, 0) is 0 Å². The highest BCUT2D eigenvalue weighted by Crippen LogP contribution is 2.30. The molecule has 0 saturated carbocycles. The molecule has 2 heteroatoms. The van der Waals surface area contributed by atoms with Crippen molar-refractivity contribution in [3.63, 3.8) is 0 Å². The summed E-state index contributed by atoms with van der Waals surface area (Å²) in [6.45, 7) is 10.6. The lowest BCUT2D eigenvalue weighted by atomic mass is 9.91. The summed E-state index contributed by atoms with van der Waals surface area (Å²) in [5, 5.41) is 8.80. The van der Waals surface area contributed by atoms with E-state index in [4.69, 9.17) is 5.41 Å². The first-order chi connectivity index (χ1) is 13.0. The van der Waals surface area contributed by atoms with Crippen LogP contribution in [0.1, 0.15) is 44.7 Å². The normalized spacial score (nSPS) is 14.1. The zero-order valence-electron chi connectivity index (χ0n) is 17.1. The van der Waals surface area contributed by atoms with Crippen molar-refractivity contribution in [2.75, 3.05) is 7.05 Å². The minimum atomic E-state index is 0.348. The molecule has 0 saturated heterocycles. The standard InChI is InChI=1S/C25H32N2/c1-6-14-23(19(3)7-2)27(5)25(22-17-12-9-13-18-22)20(4)24(26)21-15-10-8-11-16-21/h6,8-13,15-19,23,26H,1,7,14H2,2-5H3/b25-20-,26-24?/t19-,23?/m0/s1. The van der Waals surface area contributed by atoms with Crippen LogP contribution in [0.2, 0.25) is 0 Å². The molecule has 2 nitrogen and oxygen atoms in total. The van der Waals surface area contributed by atoms with Gasteiger partial charge in [-0.15, -0.1) is 6.58 Å². The Labute approximate surface area is 164 Å². The number of hydrogen-bond donors (Lipinski definition) is 1. The van der Waals surface area contributed by atoms with Crippen LogP contribution in [0.5, 0.6) is 0 Å². The average Bonchev–Trinajstić information content (AvgIpc) is 2.72. The third kappa shape index (κ3) is 4.97. The van der Waals surface area contributed by atoms with Crippen molar-refractivity contribution in [1.29, 1.82) is 5.41 Å². The quantitative estimate of drug-likeness (QED) is 0.406. The molecule has 0 spiro atoms. The van der Waals surface area contributed by atoms with E-state index in [0.717, 1.165) is 35.2 Å². The van der Waals surface area contributed by atoms with Crippen molar-refractivity contribution in [3.05, 3.63) is 90.0 Å². The maximum Gasteiger partial charge on any atom is 0.0662 e. The van der Waals surface area contributed by atoms with Crippen LogP contribution in [0.25, 0.3) is 5.70 Å². The van der Waals surface area contributed by atoms with Gasteiger partial charge in [-0.2, -0.15) is 0 Å². The Morgan fingerprint density at radius 2 is 1.56 bits per heavy atom. The molecule has 27 heavy (non-hydrogen) atoms. The van der Waals surface area contributed by atoms with Gasteiger partial charge >= 0.3 is 0 Å². The lowest BCUT2D eigenvalue weighted by molar-refractivity contribution is 0.255. The molecule has 0 aliphatic carbocycles. The number of benzene rings is 2. The largest absolute Gasteiger partial charge is 0.370 e. The van der Waals surface area contributed by atoms with Crippen LogP contribution in [0.4, 0.5) is 0 Å². The Morgan fingerprint density at radius 3 is 2.04 bits per heavy atom. The molecule has 2 aromatic rings. The predicted octanol–water partition coefficient (Wildman–Crippen LogP) is 6.41. The van der Waals surface area contributed by atoms with E-state index in [1.165, 1.54) is 0 Å². The molecule has 2 rings (SSSR count). The predicted molar refractivity (Wildman–Crippen MR) is 118 cm³/mol. The van der Waals surface area contributed by atoms with Crippen LogP contribution in [0, 0.1) is 11.3 Å². The van der Waals surface area contributed by atoms with Crippen molar-refractivity contribution < 1.29 is 0 Å². The Hall–Kier alpha value is -2.61. The summed E-state index contributed by atoms with van der Waals surface area (Å²) in [7, 11) is 2.16. The van der Waals surface area contributed by atoms with E-state index in [-0.39, 0.29) is 0 Å². The van der Waals surface area contributed by atoms with E-state index in [2.05, 4.69) is 63.6 Å². The van der Waals surface area contributed by atoms with E-state index in [0.29, 0.717) is 17.7 Å². The molecule has 0 aliphatic rings. The summed E-state index contributed by atoms with van der Waals surface area (Å²) < 4.78 is 0.